The van der Waals surface area contributed by atoms with Gasteiger partial charge in [-0.3, -0.25) is 4.79 Å². The minimum absolute atomic E-state index is 0.0817. The van der Waals surface area contributed by atoms with Gasteiger partial charge in [-0.05, 0) is 36.2 Å². The van der Waals surface area contributed by atoms with Crippen LogP contribution in [-0.2, 0) is 11.2 Å². The Kier molecular flexibility index (Phi) is 5.23. The van der Waals surface area contributed by atoms with E-state index < -0.39 is 0 Å². The summed E-state index contributed by atoms with van der Waals surface area (Å²) in [5.74, 6) is 0.222. The molecule has 0 aliphatic rings. The fraction of sp³-hybridized carbons (Fsp3) is 0.167. The predicted octanol–water partition coefficient (Wildman–Crippen LogP) is 3.02. The van der Waals surface area contributed by atoms with Crippen LogP contribution in [0, 0.1) is 0 Å². The molecule has 0 saturated heterocycles. The van der Waals surface area contributed by atoms with Gasteiger partial charge >= 0.3 is 0 Å². The maximum absolute atomic E-state index is 11.9. The maximum atomic E-state index is 11.9. The second-order valence-corrected chi connectivity index (χ2v) is 5.65. The van der Waals surface area contributed by atoms with Gasteiger partial charge < -0.3 is 10.1 Å². The molecule has 1 heterocycles. The molecule has 0 atom stereocenters. The number of carbonyl (C=O) groups excluding carboxylic acids is 1. The molecule has 6 heteroatoms. The van der Waals surface area contributed by atoms with E-state index in [-0.39, 0.29) is 12.5 Å². The van der Waals surface area contributed by atoms with Crippen molar-refractivity contribution >= 4 is 28.4 Å². The average Bonchev–Trinajstić information content (AvgIpc) is 2.61. The van der Waals surface area contributed by atoms with Gasteiger partial charge in [-0.15, -0.1) is 0 Å². The van der Waals surface area contributed by atoms with E-state index in [4.69, 9.17) is 16.3 Å². The molecule has 1 aromatic heterocycles. The lowest BCUT2D eigenvalue weighted by atomic mass is 10.1. The first kappa shape index (κ1) is 16.2. The Labute approximate surface area is 144 Å². The molecule has 0 bridgehead atoms. The summed E-state index contributed by atoms with van der Waals surface area (Å²) in [7, 11) is 0. The van der Waals surface area contributed by atoms with Gasteiger partial charge in [-0.25, -0.2) is 9.97 Å². The highest BCUT2D eigenvalue weighted by Gasteiger charge is 2.07. The molecule has 0 aliphatic carbocycles. The second kappa shape index (κ2) is 7.75. The largest absolute Gasteiger partial charge is 0.467 e. The molecule has 122 valence electrons. The van der Waals surface area contributed by atoms with E-state index in [0.717, 1.165) is 22.9 Å². The topological polar surface area (TPSA) is 64.1 Å². The normalized spacial score (nSPS) is 10.5. The summed E-state index contributed by atoms with van der Waals surface area (Å²) in [4.78, 5) is 20.1. The number of hydrogen-bond acceptors (Lipinski definition) is 4. The number of rotatable bonds is 6. The van der Waals surface area contributed by atoms with Crippen LogP contribution in [-0.4, -0.2) is 29.0 Å². The zero-order chi connectivity index (χ0) is 16.8. The van der Waals surface area contributed by atoms with E-state index in [9.17, 15) is 4.79 Å². The molecule has 2 aromatic carbocycles. The third-order valence-corrected chi connectivity index (χ3v) is 3.75. The van der Waals surface area contributed by atoms with Crippen molar-refractivity contribution in [2.24, 2.45) is 0 Å². The number of para-hydroxylation sites is 1. The molecule has 5 nitrogen and oxygen atoms in total. The molecule has 0 radical (unpaired) electrons. The number of benzene rings is 2. The van der Waals surface area contributed by atoms with Crippen molar-refractivity contribution in [2.75, 3.05) is 13.2 Å². The summed E-state index contributed by atoms with van der Waals surface area (Å²) in [6.07, 6.45) is 2.16. The highest BCUT2D eigenvalue weighted by atomic mass is 35.5. The summed E-state index contributed by atoms with van der Waals surface area (Å²) in [6.45, 7) is 0.454. The van der Waals surface area contributed by atoms with E-state index in [1.54, 1.807) is 0 Å². The highest BCUT2D eigenvalue weighted by Crippen LogP contribution is 2.20. The first-order valence-electron chi connectivity index (χ1n) is 7.56. The van der Waals surface area contributed by atoms with Crippen LogP contribution in [0.5, 0.6) is 5.88 Å². The summed E-state index contributed by atoms with van der Waals surface area (Å²) in [6, 6.07) is 15.1. The molecule has 3 aromatic rings. The second-order valence-electron chi connectivity index (χ2n) is 5.21. The minimum Gasteiger partial charge on any atom is -0.467 e. The Morgan fingerprint density at radius 1 is 1.08 bits per heavy atom. The SMILES string of the molecule is O=C(COc1ncnc2ccccc12)NCCc1ccc(Cl)cc1. The molecular formula is C18H16ClN3O2. The molecule has 1 N–H and O–H groups in total. The molecule has 0 aliphatic heterocycles. The third kappa shape index (κ3) is 4.20. The number of hydrogen-bond donors (Lipinski definition) is 1. The number of aromatic nitrogens is 2. The number of halogens is 1. The number of amides is 1. The van der Waals surface area contributed by atoms with E-state index in [0.29, 0.717) is 17.4 Å². The van der Waals surface area contributed by atoms with Gasteiger partial charge in [-0.2, -0.15) is 0 Å². The monoisotopic (exact) mass is 341 g/mol. The van der Waals surface area contributed by atoms with Crippen molar-refractivity contribution in [3.63, 3.8) is 0 Å². The van der Waals surface area contributed by atoms with Gasteiger partial charge in [0.15, 0.2) is 6.61 Å². The fourth-order valence-corrected chi connectivity index (χ4v) is 2.40. The first-order chi connectivity index (χ1) is 11.7. The number of carbonyl (C=O) groups is 1. The van der Waals surface area contributed by atoms with Crippen molar-refractivity contribution in [3.8, 4) is 5.88 Å². The van der Waals surface area contributed by atoms with Gasteiger partial charge in [0.05, 0.1) is 10.9 Å². The zero-order valence-corrected chi connectivity index (χ0v) is 13.7. The molecular weight excluding hydrogens is 326 g/mol. The van der Waals surface area contributed by atoms with E-state index in [1.807, 2.05) is 48.5 Å². The van der Waals surface area contributed by atoms with Gasteiger partial charge in [0, 0.05) is 11.6 Å². The maximum Gasteiger partial charge on any atom is 0.258 e. The predicted molar refractivity (Wildman–Crippen MR) is 93.2 cm³/mol. The van der Waals surface area contributed by atoms with Crippen LogP contribution >= 0.6 is 11.6 Å². The van der Waals surface area contributed by atoms with Crippen LogP contribution in [0.25, 0.3) is 10.9 Å². The Hall–Kier alpha value is -2.66. The zero-order valence-electron chi connectivity index (χ0n) is 12.9. The van der Waals surface area contributed by atoms with Crippen molar-refractivity contribution in [3.05, 3.63) is 65.4 Å². The quantitative estimate of drug-likeness (QED) is 0.748. The number of nitrogens with one attached hydrogen (secondary N) is 1. The van der Waals surface area contributed by atoms with Gasteiger partial charge in [0.2, 0.25) is 5.88 Å². The first-order valence-corrected chi connectivity index (χ1v) is 7.94. The number of ether oxygens (including phenoxy) is 1. The molecule has 0 saturated carbocycles. The van der Waals surface area contributed by atoms with Crippen LogP contribution in [0.2, 0.25) is 5.02 Å². The Bertz CT molecular complexity index is 832. The minimum atomic E-state index is -0.188. The van der Waals surface area contributed by atoms with Gasteiger partial charge in [0.1, 0.15) is 6.33 Å². The van der Waals surface area contributed by atoms with Crippen LogP contribution in [0.15, 0.2) is 54.9 Å². The lowest BCUT2D eigenvalue weighted by molar-refractivity contribution is -0.123. The van der Waals surface area contributed by atoms with Crippen LogP contribution < -0.4 is 10.1 Å². The number of nitrogens with zero attached hydrogens (tertiary/aromatic N) is 2. The van der Waals surface area contributed by atoms with Gasteiger partial charge in [-0.1, -0.05) is 35.9 Å². The summed E-state index contributed by atoms with van der Waals surface area (Å²) in [5, 5.41) is 4.31. The fourth-order valence-electron chi connectivity index (χ4n) is 2.28. The van der Waals surface area contributed by atoms with Crippen LogP contribution in [0.4, 0.5) is 0 Å². The Balaban J connectivity index is 1.49. The van der Waals surface area contributed by atoms with Crippen molar-refractivity contribution in [1.82, 2.24) is 15.3 Å². The number of fused-ring (bicyclic) bond motifs is 1. The van der Waals surface area contributed by atoms with E-state index >= 15 is 0 Å². The lowest BCUT2D eigenvalue weighted by Crippen LogP contribution is -2.30. The standard InChI is InChI=1S/C18H16ClN3O2/c19-14-7-5-13(6-8-14)9-10-20-17(23)11-24-18-15-3-1-2-4-16(15)21-12-22-18/h1-8,12H,9-11H2,(H,20,23). The summed E-state index contributed by atoms with van der Waals surface area (Å²) < 4.78 is 5.52. The molecule has 1 amide bonds. The Morgan fingerprint density at radius 2 is 1.88 bits per heavy atom. The molecule has 24 heavy (non-hydrogen) atoms. The molecule has 0 unspecified atom stereocenters. The van der Waals surface area contributed by atoms with Gasteiger partial charge in [0.25, 0.3) is 5.91 Å². The van der Waals surface area contributed by atoms with E-state index in [2.05, 4.69) is 15.3 Å². The molecule has 0 fully saturated rings. The molecule has 0 spiro atoms. The van der Waals surface area contributed by atoms with E-state index in [1.165, 1.54) is 6.33 Å². The summed E-state index contributed by atoms with van der Waals surface area (Å²) >= 11 is 5.84. The average molecular weight is 342 g/mol. The molecule has 3 rings (SSSR count). The summed E-state index contributed by atoms with van der Waals surface area (Å²) in [5.41, 5.74) is 1.90. The van der Waals surface area contributed by atoms with Crippen molar-refractivity contribution in [1.29, 1.82) is 0 Å². The third-order valence-electron chi connectivity index (χ3n) is 3.50. The van der Waals surface area contributed by atoms with Crippen molar-refractivity contribution in [2.45, 2.75) is 6.42 Å². The van der Waals surface area contributed by atoms with Crippen LogP contribution in [0.1, 0.15) is 5.56 Å². The smallest absolute Gasteiger partial charge is 0.258 e. The highest BCUT2D eigenvalue weighted by molar-refractivity contribution is 6.30. The van der Waals surface area contributed by atoms with Crippen molar-refractivity contribution < 1.29 is 9.53 Å². The Morgan fingerprint density at radius 3 is 2.71 bits per heavy atom. The van der Waals surface area contributed by atoms with Crippen LogP contribution in [0.3, 0.4) is 0 Å². The lowest BCUT2D eigenvalue weighted by Gasteiger charge is -2.08.